The second-order valence-corrected chi connectivity index (χ2v) is 11.5. The highest BCUT2D eigenvalue weighted by atomic mass is 32.2. The molecule has 0 heterocycles. The van der Waals surface area contributed by atoms with E-state index in [0.29, 0.717) is 5.69 Å². The van der Waals surface area contributed by atoms with Crippen molar-refractivity contribution < 1.29 is 13.2 Å². The SMILES string of the molecule is C[C@H](NC12CC3CC(CC(C3)C1)C2)C(=O)Nc1cccc(S(=O)(=O)N(C)C)c1. The van der Waals surface area contributed by atoms with E-state index in [4.69, 9.17) is 0 Å². The molecule has 1 amide bonds. The summed E-state index contributed by atoms with van der Waals surface area (Å²) in [6.07, 6.45) is 7.67. The normalized spacial score (nSPS) is 32.5. The third-order valence-corrected chi connectivity index (χ3v) is 8.65. The summed E-state index contributed by atoms with van der Waals surface area (Å²) in [6, 6.07) is 6.13. The van der Waals surface area contributed by atoms with Gasteiger partial charge in [-0.2, -0.15) is 0 Å². The van der Waals surface area contributed by atoms with E-state index in [9.17, 15) is 13.2 Å². The van der Waals surface area contributed by atoms with Crippen LogP contribution in [0.3, 0.4) is 0 Å². The molecule has 0 spiro atoms. The van der Waals surface area contributed by atoms with Crippen LogP contribution in [0.2, 0.25) is 0 Å². The third kappa shape index (κ3) is 3.72. The summed E-state index contributed by atoms with van der Waals surface area (Å²) in [5, 5.41) is 6.56. The number of carbonyl (C=O) groups excluding carboxylic acids is 1. The molecule has 0 radical (unpaired) electrons. The summed E-state index contributed by atoms with van der Waals surface area (Å²) in [5.74, 6) is 2.35. The second kappa shape index (κ2) is 7.11. The number of hydrogen-bond acceptors (Lipinski definition) is 4. The first-order chi connectivity index (χ1) is 13.2. The average molecular weight is 406 g/mol. The molecular weight excluding hydrogens is 374 g/mol. The fraction of sp³-hybridized carbons (Fsp3) is 0.667. The molecule has 7 heteroatoms. The molecule has 4 aliphatic carbocycles. The van der Waals surface area contributed by atoms with Crippen LogP contribution in [0.15, 0.2) is 29.2 Å². The molecule has 0 saturated heterocycles. The number of sulfonamides is 1. The lowest BCUT2D eigenvalue weighted by molar-refractivity contribution is -0.119. The first-order valence-corrected chi connectivity index (χ1v) is 11.7. The zero-order valence-electron chi connectivity index (χ0n) is 16.9. The van der Waals surface area contributed by atoms with E-state index in [1.807, 2.05) is 6.92 Å². The lowest BCUT2D eigenvalue weighted by Crippen LogP contribution is -2.62. The van der Waals surface area contributed by atoms with Crippen LogP contribution in [-0.2, 0) is 14.8 Å². The van der Waals surface area contributed by atoms with Gasteiger partial charge in [0.05, 0.1) is 10.9 Å². The van der Waals surface area contributed by atoms with Gasteiger partial charge in [0.2, 0.25) is 15.9 Å². The molecule has 28 heavy (non-hydrogen) atoms. The average Bonchev–Trinajstić information content (AvgIpc) is 2.60. The predicted molar refractivity (Wildman–Crippen MR) is 109 cm³/mol. The van der Waals surface area contributed by atoms with Crippen molar-refractivity contribution in [3.05, 3.63) is 24.3 Å². The summed E-state index contributed by atoms with van der Waals surface area (Å²) in [4.78, 5) is 13.0. The number of amides is 1. The maximum absolute atomic E-state index is 12.8. The second-order valence-electron chi connectivity index (χ2n) is 9.37. The van der Waals surface area contributed by atoms with Gasteiger partial charge in [-0.05, 0) is 81.4 Å². The van der Waals surface area contributed by atoms with E-state index in [1.165, 1.54) is 63.0 Å². The van der Waals surface area contributed by atoms with Gasteiger partial charge in [-0.15, -0.1) is 0 Å². The minimum absolute atomic E-state index is 0.113. The quantitative estimate of drug-likeness (QED) is 0.763. The molecule has 2 N–H and O–H groups in total. The molecule has 4 bridgehead atoms. The fourth-order valence-electron chi connectivity index (χ4n) is 6.01. The Hall–Kier alpha value is -1.44. The molecule has 4 saturated carbocycles. The molecule has 4 aliphatic rings. The number of carbonyl (C=O) groups is 1. The summed E-state index contributed by atoms with van der Waals surface area (Å²) in [6.45, 7) is 1.91. The van der Waals surface area contributed by atoms with Crippen molar-refractivity contribution in [3.63, 3.8) is 0 Å². The van der Waals surface area contributed by atoms with Gasteiger partial charge in [-0.25, -0.2) is 12.7 Å². The van der Waals surface area contributed by atoms with E-state index >= 15 is 0 Å². The van der Waals surface area contributed by atoms with Crippen molar-refractivity contribution in [2.45, 2.75) is 61.9 Å². The number of benzene rings is 1. The smallest absolute Gasteiger partial charge is 0.242 e. The van der Waals surface area contributed by atoms with Gasteiger partial charge in [0, 0.05) is 25.3 Å². The minimum atomic E-state index is -3.53. The zero-order valence-corrected chi connectivity index (χ0v) is 17.8. The van der Waals surface area contributed by atoms with Crippen LogP contribution in [0.4, 0.5) is 5.69 Å². The van der Waals surface area contributed by atoms with Crippen molar-refractivity contribution in [1.82, 2.24) is 9.62 Å². The van der Waals surface area contributed by atoms with Crippen LogP contribution in [-0.4, -0.2) is 44.3 Å². The van der Waals surface area contributed by atoms with Crippen molar-refractivity contribution in [2.24, 2.45) is 17.8 Å². The molecule has 6 nitrogen and oxygen atoms in total. The molecule has 5 rings (SSSR count). The van der Waals surface area contributed by atoms with Gasteiger partial charge in [-0.3, -0.25) is 4.79 Å². The van der Waals surface area contributed by atoms with Gasteiger partial charge < -0.3 is 10.6 Å². The summed E-state index contributed by atoms with van der Waals surface area (Å²) < 4.78 is 25.8. The molecule has 1 aromatic carbocycles. The number of nitrogens with zero attached hydrogens (tertiary/aromatic N) is 1. The highest BCUT2D eigenvalue weighted by Crippen LogP contribution is 2.55. The zero-order chi connectivity index (χ0) is 20.1. The topological polar surface area (TPSA) is 78.5 Å². The highest BCUT2D eigenvalue weighted by molar-refractivity contribution is 7.89. The Morgan fingerprint density at radius 1 is 1.11 bits per heavy atom. The Bertz CT molecular complexity index is 830. The first-order valence-electron chi connectivity index (χ1n) is 10.3. The number of anilines is 1. The number of rotatable bonds is 6. The van der Waals surface area contributed by atoms with E-state index in [2.05, 4.69) is 10.6 Å². The van der Waals surface area contributed by atoms with Crippen LogP contribution in [0, 0.1) is 17.8 Å². The Morgan fingerprint density at radius 3 is 2.21 bits per heavy atom. The van der Waals surface area contributed by atoms with Crippen molar-refractivity contribution >= 4 is 21.6 Å². The number of nitrogens with one attached hydrogen (secondary N) is 2. The van der Waals surface area contributed by atoms with Crippen molar-refractivity contribution in [1.29, 1.82) is 0 Å². The Kier molecular flexibility index (Phi) is 5.04. The molecule has 1 aromatic rings. The monoisotopic (exact) mass is 405 g/mol. The number of hydrogen-bond donors (Lipinski definition) is 2. The standard InChI is InChI=1S/C21H31N3O3S/c1-14(23-21-11-15-7-16(12-21)9-17(8-15)13-21)20(25)22-18-5-4-6-19(10-18)28(26,27)24(2)3/h4-6,10,14-17,23H,7-9,11-13H2,1-3H3,(H,22,25)/t14-,15?,16?,17?,21?/m0/s1. The lowest BCUT2D eigenvalue weighted by atomic mass is 9.53. The van der Waals surface area contributed by atoms with Crippen molar-refractivity contribution in [3.8, 4) is 0 Å². The van der Waals surface area contributed by atoms with Gasteiger partial charge in [-0.1, -0.05) is 6.07 Å². The first kappa shape index (κ1) is 19.9. The Labute approximate surface area is 168 Å². The minimum Gasteiger partial charge on any atom is -0.325 e. The van der Waals surface area contributed by atoms with Gasteiger partial charge in [0.1, 0.15) is 0 Å². The third-order valence-electron chi connectivity index (χ3n) is 6.83. The summed E-state index contributed by atoms with van der Waals surface area (Å²) >= 11 is 0. The predicted octanol–water partition coefficient (Wildman–Crippen LogP) is 2.82. The molecule has 0 unspecified atom stereocenters. The largest absolute Gasteiger partial charge is 0.325 e. The molecule has 0 aliphatic heterocycles. The van der Waals surface area contributed by atoms with E-state index in [1.54, 1.807) is 18.2 Å². The van der Waals surface area contributed by atoms with Crippen LogP contribution in [0.25, 0.3) is 0 Å². The van der Waals surface area contributed by atoms with Crippen molar-refractivity contribution in [2.75, 3.05) is 19.4 Å². The maximum atomic E-state index is 12.8. The summed E-state index contributed by atoms with van der Waals surface area (Å²) in [7, 11) is -0.529. The molecule has 1 atom stereocenters. The molecular formula is C21H31N3O3S. The van der Waals surface area contributed by atoms with Gasteiger partial charge in [0.25, 0.3) is 0 Å². The molecule has 0 aromatic heterocycles. The lowest BCUT2D eigenvalue weighted by Gasteiger charge is -2.57. The van der Waals surface area contributed by atoms with E-state index in [-0.39, 0.29) is 22.4 Å². The fourth-order valence-corrected chi connectivity index (χ4v) is 6.96. The molecule has 4 fully saturated rings. The maximum Gasteiger partial charge on any atom is 0.242 e. The van der Waals surface area contributed by atoms with Crippen LogP contribution < -0.4 is 10.6 Å². The van der Waals surface area contributed by atoms with Crippen LogP contribution in [0.5, 0.6) is 0 Å². The van der Waals surface area contributed by atoms with Gasteiger partial charge >= 0.3 is 0 Å². The Morgan fingerprint density at radius 2 is 1.68 bits per heavy atom. The van der Waals surface area contributed by atoms with Crippen LogP contribution >= 0.6 is 0 Å². The van der Waals surface area contributed by atoms with Crippen LogP contribution in [0.1, 0.15) is 45.4 Å². The molecule has 154 valence electrons. The van der Waals surface area contributed by atoms with Gasteiger partial charge in [0.15, 0.2) is 0 Å². The summed E-state index contributed by atoms with van der Waals surface area (Å²) in [5.41, 5.74) is 0.619. The van der Waals surface area contributed by atoms with E-state index < -0.39 is 10.0 Å². The van der Waals surface area contributed by atoms with E-state index in [0.717, 1.165) is 17.8 Å². The highest BCUT2D eigenvalue weighted by Gasteiger charge is 2.51. The Balaban J connectivity index is 1.43.